The molecule has 5 aromatic rings. The first kappa shape index (κ1) is 22.0. The van der Waals surface area contributed by atoms with E-state index in [1.807, 2.05) is 57.8 Å². The minimum Gasteiger partial charge on any atom is -0.365 e. The predicted molar refractivity (Wildman–Crippen MR) is 142 cm³/mol. The van der Waals surface area contributed by atoms with Crippen molar-refractivity contribution in [2.24, 2.45) is 0 Å². The second kappa shape index (κ2) is 8.96. The molecule has 1 unspecified atom stereocenters. The van der Waals surface area contributed by atoms with Gasteiger partial charge in [0.2, 0.25) is 5.65 Å². The van der Waals surface area contributed by atoms with E-state index < -0.39 is 0 Å². The average Bonchev–Trinajstić information content (AvgIpc) is 3.39. The summed E-state index contributed by atoms with van der Waals surface area (Å²) in [5.74, 6) is 0.629. The van der Waals surface area contributed by atoms with E-state index in [-0.39, 0.29) is 11.9 Å². The van der Waals surface area contributed by atoms with Crippen LogP contribution >= 0.6 is 0 Å². The molecule has 1 saturated heterocycles. The first-order valence-corrected chi connectivity index (χ1v) is 12.1. The number of para-hydroxylation sites is 2. The molecule has 0 bridgehead atoms. The molecule has 2 aromatic heterocycles. The number of nitrogens with zero attached hydrogens (tertiary/aromatic N) is 6. The number of anilines is 3. The monoisotopic (exact) mass is 477 g/mol. The highest BCUT2D eigenvalue weighted by atomic mass is 16.2. The normalized spacial score (nSPS) is 16.0. The lowest BCUT2D eigenvalue weighted by Crippen LogP contribution is -2.53. The molecule has 6 rings (SSSR count). The van der Waals surface area contributed by atoms with Gasteiger partial charge >= 0.3 is 0 Å². The highest BCUT2D eigenvalue weighted by molar-refractivity contribution is 5.95. The Balaban J connectivity index is 1.22. The number of fused-ring (bicyclic) bond motifs is 3. The molecule has 1 N–H and O–H groups in total. The van der Waals surface area contributed by atoms with Crippen molar-refractivity contribution in [1.29, 1.82) is 0 Å². The molecule has 1 amide bonds. The number of aromatic nitrogens is 4. The molecule has 8 heteroatoms. The van der Waals surface area contributed by atoms with E-state index in [0.29, 0.717) is 30.1 Å². The van der Waals surface area contributed by atoms with Crippen LogP contribution in [-0.2, 0) is 0 Å². The first-order valence-electron chi connectivity index (χ1n) is 12.1. The molecule has 0 saturated carbocycles. The summed E-state index contributed by atoms with van der Waals surface area (Å²) < 4.78 is 1.91. The van der Waals surface area contributed by atoms with Crippen molar-refractivity contribution in [2.75, 3.05) is 29.9 Å². The van der Waals surface area contributed by atoms with Crippen molar-refractivity contribution in [1.82, 2.24) is 24.5 Å². The minimum absolute atomic E-state index is 0.0356. The van der Waals surface area contributed by atoms with Crippen molar-refractivity contribution in [3.63, 3.8) is 0 Å². The molecule has 8 nitrogen and oxygen atoms in total. The molecule has 180 valence electrons. The number of hydrogen-bond acceptors (Lipinski definition) is 6. The van der Waals surface area contributed by atoms with Crippen LogP contribution in [0.1, 0.15) is 22.8 Å². The Morgan fingerprint density at radius 2 is 1.86 bits per heavy atom. The summed E-state index contributed by atoms with van der Waals surface area (Å²) in [6.45, 7) is 6.45. The number of piperazine rings is 1. The topological polar surface area (TPSA) is 78.7 Å². The van der Waals surface area contributed by atoms with Gasteiger partial charge in [-0.2, -0.15) is 0 Å². The molecule has 3 heterocycles. The van der Waals surface area contributed by atoms with E-state index in [2.05, 4.69) is 58.5 Å². The zero-order valence-corrected chi connectivity index (χ0v) is 20.3. The largest absolute Gasteiger partial charge is 0.365 e. The maximum Gasteiger partial charge on any atom is 0.254 e. The minimum atomic E-state index is 0.0356. The summed E-state index contributed by atoms with van der Waals surface area (Å²) in [6.07, 6.45) is 1.68. The van der Waals surface area contributed by atoms with Gasteiger partial charge in [-0.15, -0.1) is 10.2 Å². The van der Waals surface area contributed by atoms with Gasteiger partial charge in [0.1, 0.15) is 6.33 Å². The van der Waals surface area contributed by atoms with E-state index in [9.17, 15) is 4.79 Å². The summed E-state index contributed by atoms with van der Waals surface area (Å²) in [4.78, 5) is 22.5. The fraction of sp³-hybridized carbons (Fsp3) is 0.214. The van der Waals surface area contributed by atoms with Crippen LogP contribution in [0.2, 0.25) is 0 Å². The van der Waals surface area contributed by atoms with Gasteiger partial charge in [-0.1, -0.05) is 30.3 Å². The van der Waals surface area contributed by atoms with Crippen molar-refractivity contribution in [3.8, 4) is 0 Å². The predicted octanol–water partition coefficient (Wildman–Crippen LogP) is 4.68. The van der Waals surface area contributed by atoms with Crippen LogP contribution < -0.4 is 10.2 Å². The number of nitrogens with one attached hydrogen (secondary N) is 1. The number of aryl methyl sites for hydroxylation is 1. The Morgan fingerprint density at radius 1 is 1.00 bits per heavy atom. The van der Waals surface area contributed by atoms with Crippen LogP contribution in [-0.4, -0.2) is 56.1 Å². The van der Waals surface area contributed by atoms with E-state index in [1.165, 1.54) is 11.3 Å². The average molecular weight is 478 g/mol. The summed E-state index contributed by atoms with van der Waals surface area (Å²) >= 11 is 0. The van der Waals surface area contributed by atoms with E-state index in [1.54, 1.807) is 6.33 Å². The van der Waals surface area contributed by atoms with Crippen molar-refractivity contribution >= 4 is 39.8 Å². The number of carbonyl (C=O) groups is 1. The standard InChI is InChI=1S/C28H27N7O/c1-19-7-5-10-23(15-19)34-14-13-33(17-20(34)2)28(36)21-8-6-9-22(16-21)30-26-27-32-29-18-35(27)25-12-4-3-11-24(25)31-26/h3-12,15-16,18,20H,13-14,17H2,1-2H3,(H,30,31). The quantitative estimate of drug-likeness (QED) is 0.405. The van der Waals surface area contributed by atoms with Gasteiger partial charge in [-0.05, 0) is 61.9 Å². The zero-order chi connectivity index (χ0) is 24.6. The van der Waals surface area contributed by atoms with Crippen LogP contribution in [0.15, 0.2) is 79.1 Å². The highest BCUT2D eigenvalue weighted by Crippen LogP contribution is 2.25. The Kier molecular flexibility index (Phi) is 5.48. The van der Waals surface area contributed by atoms with Gasteiger partial charge in [0.05, 0.1) is 11.0 Å². The fourth-order valence-electron chi connectivity index (χ4n) is 4.97. The number of amides is 1. The molecule has 1 aliphatic rings. The maximum atomic E-state index is 13.4. The molecular weight excluding hydrogens is 450 g/mol. The molecule has 36 heavy (non-hydrogen) atoms. The molecule has 0 spiro atoms. The summed E-state index contributed by atoms with van der Waals surface area (Å²) in [5.41, 5.74) is 6.28. The van der Waals surface area contributed by atoms with Crippen LogP contribution in [0.3, 0.4) is 0 Å². The lowest BCUT2D eigenvalue weighted by molar-refractivity contribution is 0.0726. The van der Waals surface area contributed by atoms with Crippen molar-refractivity contribution in [3.05, 3.63) is 90.3 Å². The number of hydrogen-bond donors (Lipinski definition) is 1. The number of carbonyl (C=O) groups excluding carboxylic acids is 1. The molecule has 3 aromatic carbocycles. The van der Waals surface area contributed by atoms with E-state index in [0.717, 1.165) is 23.3 Å². The van der Waals surface area contributed by atoms with Crippen molar-refractivity contribution < 1.29 is 4.79 Å². The summed E-state index contributed by atoms with van der Waals surface area (Å²) in [6, 6.07) is 24.2. The smallest absolute Gasteiger partial charge is 0.254 e. The Hall–Kier alpha value is -4.46. The van der Waals surface area contributed by atoms with Gasteiger partial charge in [0.25, 0.3) is 5.91 Å². The van der Waals surface area contributed by atoms with Crippen molar-refractivity contribution in [2.45, 2.75) is 19.9 Å². The number of benzene rings is 3. The fourth-order valence-corrected chi connectivity index (χ4v) is 4.97. The Bertz CT molecular complexity index is 1580. The summed E-state index contributed by atoms with van der Waals surface area (Å²) in [7, 11) is 0. The molecule has 0 radical (unpaired) electrons. The number of rotatable bonds is 4. The third kappa shape index (κ3) is 4.00. The molecule has 1 aliphatic heterocycles. The second-order valence-corrected chi connectivity index (χ2v) is 9.31. The summed E-state index contributed by atoms with van der Waals surface area (Å²) in [5, 5.41) is 11.7. The van der Waals surface area contributed by atoms with E-state index >= 15 is 0 Å². The van der Waals surface area contributed by atoms with Crippen LogP contribution in [0.4, 0.5) is 17.2 Å². The van der Waals surface area contributed by atoms with Crippen LogP contribution in [0.25, 0.3) is 16.7 Å². The molecule has 0 aliphatic carbocycles. The van der Waals surface area contributed by atoms with Crippen LogP contribution in [0, 0.1) is 6.92 Å². The molecule has 1 fully saturated rings. The second-order valence-electron chi connectivity index (χ2n) is 9.31. The lowest BCUT2D eigenvalue weighted by atomic mass is 10.1. The van der Waals surface area contributed by atoms with Gasteiger partial charge in [0.15, 0.2) is 5.82 Å². The Labute approximate surface area is 209 Å². The van der Waals surface area contributed by atoms with Gasteiger partial charge in [-0.25, -0.2) is 4.98 Å². The van der Waals surface area contributed by atoms with Crippen LogP contribution in [0.5, 0.6) is 0 Å². The SMILES string of the molecule is Cc1cccc(N2CCN(C(=O)c3cccc(Nc4nc5ccccc5n5cnnc45)c3)CC2C)c1. The van der Waals surface area contributed by atoms with Gasteiger partial charge in [-0.3, -0.25) is 9.20 Å². The van der Waals surface area contributed by atoms with E-state index in [4.69, 9.17) is 4.98 Å². The first-order chi connectivity index (χ1) is 17.6. The van der Waals surface area contributed by atoms with Gasteiger partial charge < -0.3 is 15.1 Å². The third-order valence-corrected chi connectivity index (χ3v) is 6.75. The van der Waals surface area contributed by atoms with Gasteiger partial charge in [0, 0.05) is 42.6 Å². The Morgan fingerprint density at radius 3 is 2.72 bits per heavy atom. The highest BCUT2D eigenvalue weighted by Gasteiger charge is 2.27. The molecule has 1 atom stereocenters. The lowest BCUT2D eigenvalue weighted by Gasteiger charge is -2.41. The molecular formula is C28H27N7O. The third-order valence-electron chi connectivity index (χ3n) is 6.75. The zero-order valence-electron chi connectivity index (χ0n) is 20.3. The maximum absolute atomic E-state index is 13.4.